The van der Waals surface area contributed by atoms with E-state index in [1.165, 1.54) is 251 Å². The third-order valence-corrected chi connectivity index (χ3v) is 9.66. The van der Waals surface area contributed by atoms with Gasteiger partial charge in [-0.2, -0.15) is 0 Å². The van der Waals surface area contributed by atoms with Crippen LogP contribution < -0.4 is 5.32 Å². The predicted octanol–water partition coefficient (Wildman–Crippen LogP) is 15.0. The van der Waals surface area contributed by atoms with Gasteiger partial charge in [-0.05, 0) is 25.9 Å². The zero-order valence-electron chi connectivity index (χ0n) is 30.1. The average molecular weight is 592 g/mol. The third-order valence-electron chi connectivity index (χ3n) is 9.66. The van der Waals surface area contributed by atoms with Gasteiger partial charge in [-0.15, -0.1) is 0 Å². The summed E-state index contributed by atoms with van der Waals surface area (Å²) in [6, 6.07) is 0. The molecule has 1 nitrogen and oxygen atoms in total. The van der Waals surface area contributed by atoms with E-state index in [-0.39, 0.29) is 0 Å². The van der Waals surface area contributed by atoms with Gasteiger partial charge in [0.25, 0.3) is 0 Å². The highest BCUT2D eigenvalue weighted by molar-refractivity contribution is 4.54. The first kappa shape index (κ1) is 42.0. The molecule has 42 heavy (non-hydrogen) atoms. The Morgan fingerprint density at radius 1 is 0.190 bits per heavy atom. The molecule has 0 aliphatic heterocycles. The molecule has 0 unspecified atom stereocenters. The number of hydrogen-bond acceptors (Lipinski definition) is 1. The van der Waals surface area contributed by atoms with Gasteiger partial charge in [-0.25, -0.2) is 0 Å². The largest absolute Gasteiger partial charge is 0.317 e. The van der Waals surface area contributed by atoms with Crippen LogP contribution in [0.2, 0.25) is 0 Å². The minimum atomic E-state index is 1.22. The van der Waals surface area contributed by atoms with Gasteiger partial charge in [0, 0.05) is 0 Å². The average Bonchev–Trinajstić information content (AvgIpc) is 3.00. The van der Waals surface area contributed by atoms with Crippen LogP contribution in [-0.2, 0) is 0 Å². The molecule has 0 radical (unpaired) electrons. The maximum Gasteiger partial charge on any atom is -0.00489 e. The van der Waals surface area contributed by atoms with E-state index in [4.69, 9.17) is 0 Å². The summed E-state index contributed by atoms with van der Waals surface area (Å²) in [7, 11) is 0. The van der Waals surface area contributed by atoms with Crippen molar-refractivity contribution < 1.29 is 0 Å². The highest BCUT2D eigenvalue weighted by Crippen LogP contribution is 2.17. The van der Waals surface area contributed by atoms with E-state index in [1.807, 2.05) is 0 Å². The molecule has 254 valence electrons. The van der Waals surface area contributed by atoms with Crippen molar-refractivity contribution in [3.8, 4) is 0 Å². The second kappa shape index (κ2) is 41.0. The van der Waals surface area contributed by atoms with Crippen LogP contribution in [-0.4, -0.2) is 13.1 Å². The van der Waals surface area contributed by atoms with Crippen molar-refractivity contribution in [1.82, 2.24) is 5.32 Å². The van der Waals surface area contributed by atoms with Gasteiger partial charge in [0.15, 0.2) is 0 Å². The summed E-state index contributed by atoms with van der Waals surface area (Å²) in [5.74, 6) is 0. The second-order valence-electron chi connectivity index (χ2n) is 14.1. The van der Waals surface area contributed by atoms with E-state index in [9.17, 15) is 0 Å². The first-order valence-corrected chi connectivity index (χ1v) is 20.6. The van der Waals surface area contributed by atoms with Crippen molar-refractivity contribution in [2.75, 3.05) is 13.1 Å². The highest BCUT2D eigenvalue weighted by atomic mass is 14.8. The van der Waals surface area contributed by atoms with Crippen LogP contribution in [0.15, 0.2) is 0 Å². The summed E-state index contributed by atoms with van der Waals surface area (Å²) in [5.41, 5.74) is 0. The fraction of sp³-hybridized carbons (Fsp3) is 1.00. The monoisotopic (exact) mass is 592 g/mol. The van der Waals surface area contributed by atoms with Gasteiger partial charge >= 0.3 is 0 Å². The lowest BCUT2D eigenvalue weighted by atomic mass is 10.0. The van der Waals surface area contributed by atoms with Crippen molar-refractivity contribution in [2.24, 2.45) is 0 Å². The normalized spacial score (nSPS) is 11.6. The van der Waals surface area contributed by atoms with E-state index in [2.05, 4.69) is 19.2 Å². The Bertz CT molecular complexity index is 393. The number of nitrogens with one attached hydrogen (secondary N) is 1. The van der Waals surface area contributed by atoms with Crippen LogP contribution in [0.3, 0.4) is 0 Å². The first-order valence-electron chi connectivity index (χ1n) is 20.6. The van der Waals surface area contributed by atoms with Crippen molar-refractivity contribution in [3.63, 3.8) is 0 Å². The van der Waals surface area contributed by atoms with Crippen LogP contribution in [0.4, 0.5) is 0 Å². The molecule has 0 bridgehead atoms. The number of rotatable bonds is 39. The minimum absolute atomic E-state index is 1.22. The summed E-state index contributed by atoms with van der Waals surface area (Å²) in [6.45, 7) is 7.03. The van der Waals surface area contributed by atoms with Gasteiger partial charge < -0.3 is 5.32 Å². The molecule has 1 heteroatoms. The van der Waals surface area contributed by atoms with Crippen LogP contribution in [0.25, 0.3) is 0 Å². The number of hydrogen-bond donors (Lipinski definition) is 1. The Morgan fingerprint density at radius 2 is 0.357 bits per heavy atom. The third kappa shape index (κ3) is 40.0. The van der Waals surface area contributed by atoms with E-state index < -0.39 is 0 Å². The molecule has 0 fully saturated rings. The Hall–Kier alpha value is -0.0400. The van der Waals surface area contributed by atoms with Crippen LogP contribution in [0.5, 0.6) is 0 Å². The molecule has 0 saturated heterocycles. The molecule has 0 atom stereocenters. The summed E-state index contributed by atoms with van der Waals surface area (Å²) in [5, 5.41) is 3.56. The molecule has 0 saturated carbocycles. The quantitative estimate of drug-likeness (QED) is 0.0701. The van der Waals surface area contributed by atoms with Crippen LogP contribution >= 0.6 is 0 Å². The highest BCUT2D eigenvalue weighted by Gasteiger charge is 1.97. The van der Waals surface area contributed by atoms with Crippen molar-refractivity contribution in [2.45, 2.75) is 251 Å². The molecular formula is C41H85N. The summed E-state index contributed by atoms with van der Waals surface area (Å²) in [4.78, 5) is 0. The van der Waals surface area contributed by atoms with E-state index in [0.717, 1.165) is 0 Å². The minimum Gasteiger partial charge on any atom is -0.317 e. The van der Waals surface area contributed by atoms with Crippen molar-refractivity contribution in [3.05, 3.63) is 0 Å². The van der Waals surface area contributed by atoms with E-state index >= 15 is 0 Å². The molecular weight excluding hydrogens is 506 g/mol. The van der Waals surface area contributed by atoms with Crippen LogP contribution in [0.1, 0.15) is 251 Å². The number of unbranched alkanes of at least 4 members (excludes halogenated alkanes) is 35. The molecule has 1 N–H and O–H groups in total. The summed E-state index contributed by atoms with van der Waals surface area (Å²) < 4.78 is 0. The molecule has 0 aromatic carbocycles. The molecule has 0 aromatic heterocycles. The molecule has 0 amide bonds. The predicted molar refractivity (Wildman–Crippen MR) is 195 cm³/mol. The van der Waals surface area contributed by atoms with Crippen molar-refractivity contribution in [1.29, 1.82) is 0 Å². The lowest BCUT2D eigenvalue weighted by molar-refractivity contribution is 0.510. The molecule has 0 rings (SSSR count). The Kier molecular flexibility index (Phi) is 40.9. The van der Waals surface area contributed by atoms with Gasteiger partial charge in [-0.3, -0.25) is 0 Å². The molecule has 0 spiro atoms. The SMILES string of the molecule is CCCCCCCCCCCCCCCCCCCCCCCCCCCCCCCCCCCCCNCCCC. The first-order chi connectivity index (χ1) is 20.9. The van der Waals surface area contributed by atoms with Gasteiger partial charge in [0.1, 0.15) is 0 Å². The Balaban J connectivity index is 3.02. The van der Waals surface area contributed by atoms with E-state index in [1.54, 1.807) is 0 Å². The molecule has 0 aliphatic carbocycles. The van der Waals surface area contributed by atoms with E-state index in [0.29, 0.717) is 0 Å². The second-order valence-corrected chi connectivity index (χ2v) is 14.1. The molecule has 0 aromatic rings. The fourth-order valence-electron chi connectivity index (χ4n) is 6.58. The summed E-state index contributed by atoms with van der Waals surface area (Å²) >= 11 is 0. The lowest BCUT2D eigenvalue weighted by Gasteiger charge is -2.05. The Labute approximate surface area is 269 Å². The van der Waals surface area contributed by atoms with Crippen molar-refractivity contribution >= 4 is 0 Å². The van der Waals surface area contributed by atoms with Gasteiger partial charge in [-0.1, -0.05) is 239 Å². The maximum absolute atomic E-state index is 3.56. The molecule has 0 aliphatic rings. The standard InChI is InChI=1S/C41H85N/c1-3-5-7-8-9-10-11-12-13-14-15-16-17-18-19-20-21-22-23-24-25-26-27-28-29-30-31-32-33-34-35-36-37-38-39-41-42-40-6-4-2/h42H,3-41H2,1-2H3. The zero-order valence-corrected chi connectivity index (χ0v) is 30.1. The lowest BCUT2D eigenvalue weighted by Crippen LogP contribution is -2.16. The maximum atomic E-state index is 3.56. The Morgan fingerprint density at radius 3 is 0.571 bits per heavy atom. The fourth-order valence-corrected chi connectivity index (χ4v) is 6.58. The van der Waals surface area contributed by atoms with Gasteiger partial charge in [0.2, 0.25) is 0 Å². The topological polar surface area (TPSA) is 12.0 Å². The summed E-state index contributed by atoms with van der Waals surface area (Å²) in [6.07, 6.45) is 54.4. The molecule has 0 heterocycles. The smallest absolute Gasteiger partial charge is 0.00489 e. The zero-order chi connectivity index (χ0) is 30.3. The van der Waals surface area contributed by atoms with Crippen LogP contribution in [0, 0.1) is 0 Å². The van der Waals surface area contributed by atoms with Gasteiger partial charge in [0.05, 0.1) is 0 Å².